The van der Waals surface area contributed by atoms with E-state index in [1.54, 1.807) is 30.3 Å². The molecule has 0 bridgehead atoms. The van der Waals surface area contributed by atoms with Gasteiger partial charge >= 0.3 is 0 Å². The van der Waals surface area contributed by atoms with Gasteiger partial charge in [0, 0.05) is 0 Å². The molecule has 17 heavy (non-hydrogen) atoms. The van der Waals surface area contributed by atoms with Crippen molar-refractivity contribution < 1.29 is 18.2 Å². The maximum absolute atomic E-state index is 10.4. The molecule has 0 aliphatic carbocycles. The summed E-state index contributed by atoms with van der Waals surface area (Å²) in [6.07, 6.45) is 0. The first kappa shape index (κ1) is 15.2. The summed E-state index contributed by atoms with van der Waals surface area (Å²) in [7, 11) is -3.88. The maximum atomic E-state index is 10.4. The third-order valence-corrected chi connectivity index (χ3v) is 2.14. The number of hydroxylamine groups is 1. The largest absolute Gasteiger partial charge is 0.367 e. The number of hydrogen-bond acceptors (Lipinski definition) is 5. The van der Waals surface area contributed by atoms with Gasteiger partial charge in [-0.15, -0.1) is 5.10 Å². The number of hydrogen-bond donors (Lipinski definition) is 5. The first-order valence-corrected chi connectivity index (χ1v) is 5.92. The fourth-order valence-corrected chi connectivity index (χ4v) is 1.43. The molecule has 0 radical (unpaired) electrons. The zero-order chi connectivity index (χ0) is 13.3. The van der Waals surface area contributed by atoms with Crippen molar-refractivity contribution in [3.63, 3.8) is 0 Å². The van der Waals surface area contributed by atoms with Gasteiger partial charge in [-0.2, -0.15) is 8.42 Å². The third kappa shape index (κ3) is 9.11. The van der Waals surface area contributed by atoms with Crippen LogP contribution in [0.4, 0.5) is 0 Å². The highest BCUT2D eigenvalue weighted by molar-refractivity contribution is 7.85. The monoisotopic (exact) mass is 262 g/mol. The molecule has 0 saturated heterocycles. The van der Waals surface area contributed by atoms with Gasteiger partial charge in [-0.25, -0.2) is 5.48 Å². The van der Waals surface area contributed by atoms with E-state index >= 15 is 0 Å². The van der Waals surface area contributed by atoms with Crippen molar-refractivity contribution in [1.29, 1.82) is 0 Å². The average Bonchev–Trinajstić information content (AvgIpc) is 2.28. The molecule has 0 spiro atoms. The van der Waals surface area contributed by atoms with Gasteiger partial charge in [0.1, 0.15) is 5.75 Å². The second kappa shape index (κ2) is 7.44. The highest BCUT2D eigenvalue weighted by atomic mass is 32.2. The number of hydrazone groups is 1. The zero-order valence-electron chi connectivity index (χ0n) is 8.81. The Morgan fingerprint density at radius 2 is 1.88 bits per heavy atom. The summed E-state index contributed by atoms with van der Waals surface area (Å²) in [5.74, 6) is 4.01. The zero-order valence-corrected chi connectivity index (χ0v) is 9.63. The van der Waals surface area contributed by atoms with E-state index in [9.17, 15) is 8.42 Å². The van der Waals surface area contributed by atoms with Crippen molar-refractivity contribution >= 4 is 16.1 Å². The Bertz CT molecular complexity index is 446. The Morgan fingerprint density at radius 1 is 1.35 bits per heavy atom. The summed E-state index contributed by atoms with van der Waals surface area (Å²) >= 11 is 0. The van der Waals surface area contributed by atoms with E-state index in [4.69, 9.17) is 15.5 Å². The summed E-state index contributed by atoms with van der Waals surface area (Å²) in [4.78, 5) is 0. The van der Waals surface area contributed by atoms with Crippen LogP contribution in [-0.2, 0) is 15.9 Å². The normalized spacial score (nSPS) is 11.3. The smallest absolute Gasteiger partial charge is 0.269 e. The molecule has 1 rings (SSSR count). The van der Waals surface area contributed by atoms with E-state index in [0.29, 0.717) is 5.56 Å². The molecule has 0 atom stereocenters. The van der Waals surface area contributed by atoms with Crippen molar-refractivity contribution in [2.24, 2.45) is 16.7 Å². The lowest BCUT2D eigenvalue weighted by molar-refractivity contribution is 0.232. The lowest BCUT2D eigenvalue weighted by atomic mass is 10.2. The van der Waals surface area contributed by atoms with Gasteiger partial charge in [-0.05, 0) is 5.56 Å². The van der Waals surface area contributed by atoms with Gasteiger partial charge in [0.15, 0.2) is 0 Å². The first-order valence-electron chi connectivity index (χ1n) is 4.31. The van der Waals surface area contributed by atoms with Crippen molar-refractivity contribution in [3.8, 4) is 0 Å². The van der Waals surface area contributed by atoms with E-state index in [2.05, 4.69) is 10.9 Å². The van der Waals surface area contributed by atoms with Crippen LogP contribution >= 0.6 is 0 Å². The SMILES string of the molecule is N/N=C(\N)NO.O=S(=O)(O)Cc1ccccc1. The summed E-state index contributed by atoms with van der Waals surface area (Å²) in [6, 6.07) is 8.52. The lowest BCUT2D eigenvalue weighted by Crippen LogP contribution is -2.29. The van der Waals surface area contributed by atoms with Crippen LogP contribution < -0.4 is 17.1 Å². The Hall–Kier alpha value is -1.84. The predicted molar refractivity (Wildman–Crippen MR) is 62.4 cm³/mol. The molecule has 9 heteroatoms. The van der Waals surface area contributed by atoms with Crippen LogP contribution in [0.2, 0.25) is 0 Å². The molecule has 0 saturated carbocycles. The second-order valence-electron chi connectivity index (χ2n) is 2.84. The molecule has 0 heterocycles. The van der Waals surface area contributed by atoms with E-state index in [1.807, 2.05) is 0 Å². The highest BCUT2D eigenvalue weighted by Gasteiger charge is 2.04. The van der Waals surface area contributed by atoms with E-state index in [-0.39, 0.29) is 11.7 Å². The van der Waals surface area contributed by atoms with Gasteiger partial charge in [-0.3, -0.25) is 9.76 Å². The van der Waals surface area contributed by atoms with Gasteiger partial charge < -0.3 is 11.6 Å². The Morgan fingerprint density at radius 3 is 2.18 bits per heavy atom. The molecule has 1 aromatic carbocycles. The topological polar surface area (TPSA) is 151 Å². The quantitative estimate of drug-likeness (QED) is 0.154. The molecule has 0 aliphatic heterocycles. The predicted octanol–water partition coefficient (Wildman–Crippen LogP) is -0.772. The van der Waals surface area contributed by atoms with Crippen LogP contribution in [0.5, 0.6) is 0 Å². The number of rotatable bonds is 2. The molecule has 96 valence electrons. The van der Waals surface area contributed by atoms with E-state index < -0.39 is 10.1 Å². The molecule has 0 fully saturated rings. The third-order valence-electron chi connectivity index (χ3n) is 1.45. The highest BCUT2D eigenvalue weighted by Crippen LogP contribution is 2.02. The van der Waals surface area contributed by atoms with Gasteiger partial charge in [-0.1, -0.05) is 30.3 Å². The standard InChI is InChI=1S/C7H8O3S.CH6N4O/c8-11(9,10)6-7-4-2-1-3-5-7;2-1(4-3)5-6/h1-5H,6H2,(H,8,9,10);6H,3H2,(H3,2,4,5). The summed E-state index contributed by atoms with van der Waals surface area (Å²) < 4.78 is 29.2. The number of nitrogens with zero attached hydrogens (tertiary/aromatic N) is 1. The Labute approximate surface area is 98.6 Å². The fraction of sp³-hybridized carbons (Fsp3) is 0.125. The average molecular weight is 262 g/mol. The maximum Gasteiger partial charge on any atom is 0.269 e. The molecular formula is C8H14N4O4S. The molecular weight excluding hydrogens is 248 g/mol. The number of nitrogens with two attached hydrogens (primary N) is 2. The second-order valence-corrected chi connectivity index (χ2v) is 4.29. The van der Waals surface area contributed by atoms with Crippen molar-refractivity contribution in [1.82, 2.24) is 5.48 Å². The van der Waals surface area contributed by atoms with Crippen LogP contribution in [0.3, 0.4) is 0 Å². The molecule has 1 aromatic rings. The Kier molecular flexibility index (Phi) is 6.63. The van der Waals surface area contributed by atoms with Crippen molar-refractivity contribution in [2.75, 3.05) is 0 Å². The molecule has 0 aliphatic rings. The lowest BCUT2D eigenvalue weighted by Gasteiger charge is -1.95. The van der Waals surface area contributed by atoms with Crippen LogP contribution in [0.1, 0.15) is 5.56 Å². The van der Waals surface area contributed by atoms with Crippen molar-refractivity contribution in [2.45, 2.75) is 5.75 Å². The molecule has 0 aromatic heterocycles. The van der Waals surface area contributed by atoms with Gasteiger partial charge in [0.05, 0.1) is 0 Å². The molecule has 8 nitrogen and oxygen atoms in total. The molecule has 0 amide bonds. The Balaban J connectivity index is 0.000000366. The molecule has 7 N–H and O–H groups in total. The summed E-state index contributed by atoms with van der Waals surface area (Å²) in [6.45, 7) is 0. The van der Waals surface area contributed by atoms with Gasteiger partial charge in [0.2, 0.25) is 5.96 Å². The summed E-state index contributed by atoms with van der Waals surface area (Å²) in [5.41, 5.74) is 6.85. The minimum Gasteiger partial charge on any atom is -0.367 e. The first-order chi connectivity index (χ1) is 7.89. The van der Waals surface area contributed by atoms with Crippen LogP contribution in [0, 0.1) is 0 Å². The van der Waals surface area contributed by atoms with E-state index in [1.165, 1.54) is 5.48 Å². The fourth-order valence-electron chi connectivity index (χ4n) is 0.814. The number of nitrogens with one attached hydrogen (secondary N) is 1. The molecule has 0 unspecified atom stereocenters. The van der Waals surface area contributed by atoms with Crippen LogP contribution in [0.15, 0.2) is 35.4 Å². The van der Waals surface area contributed by atoms with Crippen LogP contribution in [-0.4, -0.2) is 24.1 Å². The van der Waals surface area contributed by atoms with E-state index in [0.717, 1.165) is 0 Å². The number of benzene rings is 1. The number of guanidine groups is 1. The minimum absolute atomic E-state index is 0.199. The van der Waals surface area contributed by atoms with Crippen molar-refractivity contribution in [3.05, 3.63) is 35.9 Å². The van der Waals surface area contributed by atoms with Gasteiger partial charge in [0.25, 0.3) is 10.1 Å². The van der Waals surface area contributed by atoms with Crippen LogP contribution in [0.25, 0.3) is 0 Å². The minimum atomic E-state index is -3.88. The summed E-state index contributed by atoms with van der Waals surface area (Å²) in [5, 5.41) is 10.6.